The number of hydrogen-bond acceptors (Lipinski definition) is 8. The lowest BCUT2D eigenvalue weighted by Gasteiger charge is -2.35. The molecule has 1 atom stereocenters. The van der Waals surface area contributed by atoms with Crippen molar-refractivity contribution < 1.29 is 28.9 Å². The van der Waals surface area contributed by atoms with Gasteiger partial charge in [-0.05, 0) is 93.0 Å². The lowest BCUT2D eigenvalue weighted by atomic mass is 9.93. The van der Waals surface area contributed by atoms with Crippen molar-refractivity contribution in [1.29, 1.82) is 0 Å². The third-order valence-electron chi connectivity index (χ3n) is 11.0. The zero-order valence-electron chi connectivity index (χ0n) is 32.4. The van der Waals surface area contributed by atoms with E-state index in [4.69, 9.17) is 19.2 Å². The first-order valence-electron chi connectivity index (χ1n) is 18.8. The number of rotatable bonds is 11. The van der Waals surface area contributed by atoms with Crippen LogP contribution in [-0.4, -0.2) is 87.5 Å². The van der Waals surface area contributed by atoms with Gasteiger partial charge >= 0.3 is 0 Å². The summed E-state index contributed by atoms with van der Waals surface area (Å²) in [5, 5.41) is 11.1. The topological polar surface area (TPSA) is 115 Å². The Morgan fingerprint density at radius 1 is 0.946 bits per heavy atom. The van der Waals surface area contributed by atoms with E-state index in [2.05, 4.69) is 28.5 Å². The van der Waals surface area contributed by atoms with Crippen molar-refractivity contribution in [3.63, 3.8) is 0 Å². The summed E-state index contributed by atoms with van der Waals surface area (Å²) in [6.45, 7) is 7.05. The molecule has 0 fully saturated rings. The average Bonchev–Trinajstić information content (AvgIpc) is 3.92. The van der Waals surface area contributed by atoms with Crippen LogP contribution in [-0.2, 0) is 31.3 Å². The van der Waals surface area contributed by atoms with Crippen LogP contribution in [0, 0.1) is 6.92 Å². The summed E-state index contributed by atoms with van der Waals surface area (Å²) in [7, 11) is 5.65. The van der Waals surface area contributed by atoms with Gasteiger partial charge in [0.05, 0.1) is 35.3 Å². The molecule has 12 nitrogen and oxygen atoms in total. The number of likely N-dealkylation sites (N-methyl/N-ethyl adjacent to an activating group) is 1. The maximum atomic E-state index is 15.2. The number of anilines is 2. The molecule has 0 unspecified atom stereocenters. The summed E-state index contributed by atoms with van der Waals surface area (Å²) in [5.41, 5.74) is 7.33. The number of hydrogen-bond donors (Lipinski definition) is 1. The molecule has 3 aromatic carbocycles. The van der Waals surface area contributed by atoms with E-state index >= 15 is 4.79 Å². The molecule has 2 aliphatic rings. The number of aromatic nitrogens is 3. The molecule has 0 saturated heterocycles. The van der Waals surface area contributed by atoms with Crippen LogP contribution in [0.2, 0.25) is 0 Å². The molecule has 0 radical (unpaired) electrons. The van der Waals surface area contributed by atoms with Gasteiger partial charge in [0.2, 0.25) is 6.79 Å². The van der Waals surface area contributed by atoms with Gasteiger partial charge in [-0.15, -0.1) is 0 Å². The van der Waals surface area contributed by atoms with Crippen molar-refractivity contribution in [3.05, 3.63) is 119 Å². The standard InChI is InChI=1S/C44H46N6O6/c1-28-20-30-8-6-7-9-32(30)26-49(28)43(52)38-24-41-40(55-27-56-41)23-37(38)39-22-36(29(2)48(39)17-16-46(3)18-19-54-5)44(53)50(33-10-12-35(51)13-11-33)34-21-31-14-15-47(4)42(31)45-25-34/h6-15,21-25,28,51H,16-20,26-27H2,1-5H3/t28-/m1/s1. The molecule has 0 bridgehead atoms. The summed E-state index contributed by atoms with van der Waals surface area (Å²) >= 11 is 0. The van der Waals surface area contributed by atoms with Gasteiger partial charge in [0, 0.05) is 74.9 Å². The fourth-order valence-electron chi connectivity index (χ4n) is 7.81. The molecule has 3 aromatic heterocycles. The van der Waals surface area contributed by atoms with Crippen molar-refractivity contribution in [1.82, 2.24) is 23.9 Å². The Kier molecular flexibility index (Phi) is 10.0. The molecular weight excluding hydrogens is 709 g/mol. The largest absolute Gasteiger partial charge is 0.508 e. The summed E-state index contributed by atoms with van der Waals surface area (Å²) in [6, 6.07) is 24.2. The Hall–Kier alpha value is -6.11. The number of carbonyl (C=O) groups is 2. The van der Waals surface area contributed by atoms with Gasteiger partial charge in [0.25, 0.3) is 11.8 Å². The van der Waals surface area contributed by atoms with Gasteiger partial charge in [-0.1, -0.05) is 24.3 Å². The maximum Gasteiger partial charge on any atom is 0.264 e. The molecule has 1 N–H and O–H groups in total. The van der Waals surface area contributed by atoms with Crippen LogP contribution < -0.4 is 14.4 Å². The highest BCUT2D eigenvalue weighted by Crippen LogP contribution is 2.42. The lowest BCUT2D eigenvalue weighted by Crippen LogP contribution is -2.42. The smallest absolute Gasteiger partial charge is 0.264 e. The minimum absolute atomic E-state index is 0.0369. The third kappa shape index (κ3) is 6.86. The second-order valence-corrected chi connectivity index (χ2v) is 14.7. The first-order chi connectivity index (χ1) is 27.1. The highest BCUT2D eigenvalue weighted by Gasteiger charge is 2.33. The molecule has 0 aliphatic carbocycles. The Morgan fingerprint density at radius 3 is 2.46 bits per heavy atom. The number of phenols is 1. The quantitative estimate of drug-likeness (QED) is 0.152. The Labute approximate surface area is 326 Å². The third-order valence-corrected chi connectivity index (χ3v) is 11.0. The average molecular weight is 755 g/mol. The second-order valence-electron chi connectivity index (χ2n) is 14.7. The fourth-order valence-corrected chi connectivity index (χ4v) is 7.81. The van der Waals surface area contributed by atoms with Gasteiger partial charge in [-0.25, -0.2) is 4.98 Å². The summed E-state index contributed by atoms with van der Waals surface area (Å²) in [4.78, 5) is 40.4. The van der Waals surface area contributed by atoms with Crippen LogP contribution in [0.5, 0.6) is 17.2 Å². The van der Waals surface area contributed by atoms with Crippen LogP contribution >= 0.6 is 0 Å². The molecule has 2 amide bonds. The minimum Gasteiger partial charge on any atom is -0.508 e. The molecule has 12 heteroatoms. The summed E-state index contributed by atoms with van der Waals surface area (Å²) < 4.78 is 21.1. The fraction of sp³-hybridized carbons (Fsp3) is 0.295. The van der Waals surface area contributed by atoms with E-state index in [1.54, 1.807) is 48.5 Å². The highest BCUT2D eigenvalue weighted by atomic mass is 16.7. The number of amides is 2. The van der Waals surface area contributed by atoms with E-state index in [9.17, 15) is 9.90 Å². The number of aromatic hydroxyl groups is 1. The molecule has 6 aromatic rings. The first kappa shape index (κ1) is 36.8. The molecule has 56 heavy (non-hydrogen) atoms. The number of aryl methyl sites for hydroxylation is 1. The molecule has 0 saturated carbocycles. The molecular formula is C44H46N6O6. The molecule has 288 valence electrons. The minimum atomic E-state index is -0.284. The van der Waals surface area contributed by atoms with Gasteiger partial charge in [0.15, 0.2) is 11.5 Å². The SMILES string of the molecule is COCCN(C)CCn1c(-c2cc3c(cc2C(=O)N2Cc4ccccc4C[C@H]2C)OCO3)cc(C(=O)N(c2ccc(O)cc2)c2cnc3c(ccn3C)c2)c1C. The number of benzene rings is 3. The van der Waals surface area contributed by atoms with E-state index in [-0.39, 0.29) is 30.4 Å². The van der Waals surface area contributed by atoms with Gasteiger partial charge < -0.3 is 38.3 Å². The van der Waals surface area contributed by atoms with Crippen molar-refractivity contribution in [3.8, 4) is 28.5 Å². The number of ether oxygens (including phenoxy) is 3. The summed E-state index contributed by atoms with van der Waals surface area (Å²) in [5.74, 6) is 0.732. The van der Waals surface area contributed by atoms with E-state index in [1.807, 2.05) is 73.1 Å². The number of methoxy groups -OCH3 is 1. The molecule has 5 heterocycles. The van der Waals surface area contributed by atoms with Gasteiger partial charge in [-0.2, -0.15) is 0 Å². The van der Waals surface area contributed by atoms with Crippen LogP contribution in [0.25, 0.3) is 22.3 Å². The predicted molar refractivity (Wildman–Crippen MR) is 215 cm³/mol. The van der Waals surface area contributed by atoms with E-state index in [1.165, 1.54) is 5.56 Å². The van der Waals surface area contributed by atoms with Crippen molar-refractivity contribution in [2.75, 3.05) is 45.5 Å². The molecule has 0 spiro atoms. The van der Waals surface area contributed by atoms with Gasteiger partial charge in [-0.3, -0.25) is 14.5 Å². The second kappa shape index (κ2) is 15.2. The number of pyridine rings is 1. The number of nitrogens with zero attached hydrogens (tertiary/aromatic N) is 6. The van der Waals surface area contributed by atoms with Crippen LogP contribution in [0.15, 0.2) is 91.3 Å². The van der Waals surface area contributed by atoms with Crippen molar-refractivity contribution >= 4 is 34.2 Å². The Balaban J connectivity index is 1.27. The predicted octanol–water partition coefficient (Wildman–Crippen LogP) is 6.93. The van der Waals surface area contributed by atoms with Gasteiger partial charge in [0.1, 0.15) is 11.4 Å². The normalized spacial score (nSPS) is 14.8. The van der Waals surface area contributed by atoms with Crippen LogP contribution in [0.3, 0.4) is 0 Å². The van der Waals surface area contributed by atoms with Crippen LogP contribution in [0.4, 0.5) is 11.4 Å². The Bertz CT molecular complexity index is 2440. The zero-order valence-corrected chi connectivity index (χ0v) is 32.4. The molecule has 2 aliphatic heterocycles. The van der Waals surface area contributed by atoms with E-state index in [0.717, 1.165) is 35.3 Å². The monoisotopic (exact) mass is 754 g/mol. The number of carbonyl (C=O) groups excluding carboxylic acids is 2. The first-order valence-corrected chi connectivity index (χ1v) is 18.8. The van der Waals surface area contributed by atoms with E-state index in [0.29, 0.717) is 71.5 Å². The van der Waals surface area contributed by atoms with Crippen molar-refractivity contribution in [2.45, 2.75) is 39.4 Å². The zero-order chi connectivity index (χ0) is 39.1. The Morgan fingerprint density at radius 2 is 1.70 bits per heavy atom. The number of fused-ring (bicyclic) bond motifs is 3. The van der Waals surface area contributed by atoms with Crippen molar-refractivity contribution in [2.24, 2.45) is 7.05 Å². The van der Waals surface area contributed by atoms with E-state index < -0.39 is 0 Å². The van der Waals surface area contributed by atoms with Crippen LogP contribution in [0.1, 0.15) is 44.5 Å². The maximum absolute atomic E-state index is 15.2. The summed E-state index contributed by atoms with van der Waals surface area (Å²) in [6.07, 6.45) is 4.38. The molecule has 8 rings (SSSR count). The number of phenolic OH excluding ortho intramolecular Hbond substituents is 1. The lowest BCUT2D eigenvalue weighted by molar-refractivity contribution is 0.0658. The highest BCUT2D eigenvalue weighted by molar-refractivity contribution is 6.13.